The van der Waals surface area contributed by atoms with Crippen LogP contribution in [0.5, 0.6) is 0 Å². The number of amides is 2. The molecule has 0 spiro atoms. The van der Waals surface area contributed by atoms with Crippen molar-refractivity contribution in [3.05, 3.63) is 58.3 Å². The Morgan fingerprint density at radius 3 is 2.61 bits per heavy atom. The largest absolute Gasteiger partial charge is 0.388 e. The van der Waals surface area contributed by atoms with Crippen LogP contribution in [0.25, 0.3) is 0 Å². The molecular weight excluding hydrogens is 312 g/mol. The summed E-state index contributed by atoms with van der Waals surface area (Å²) in [5.74, 6) is -0.405. The van der Waals surface area contributed by atoms with Crippen LogP contribution in [-0.4, -0.2) is 42.0 Å². The molecule has 0 aliphatic carbocycles. The highest BCUT2D eigenvalue weighted by Gasteiger charge is 2.15. The van der Waals surface area contributed by atoms with Gasteiger partial charge in [0.1, 0.15) is 0 Å². The molecular formula is C17H20N2O3S. The molecule has 1 aromatic heterocycles. The Hall–Kier alpha value is -2.18. The average molecular weight is 332 g/mol. The summed E-state index contributed by atoms with van der Waals surface area (Å²) in [6, 6.07) is 12.8. The molecule has 122 valence electrons. The van der Waals surface area contributed by atoms with E-state index in [1.54, 1.807) is 19.2 Å². The number of nitrogens with one attached hydrogen (secondary N) is 1. The Balaban J connectivity index is 1.72. The third kappa shape index (κ3) is 5.19. The zero-order valence-corrected chi connectivity index (χ0v) is 13.8. The molecule has 1 unspecified atom stereocenters. The van der Waals surface area contributed by atoms with E-state index in [1.165, 1.54) is 16.2 Å². The molecule has 0 saturated heterocycles. The molecule has 1 heterocycles. The minimum absolute atomic E-state index is 0.00182. The molecule has 0 aliphatic rings. The van der Waals surface area contributed by atoms with Crippen LogP contribution in [0, 0.1) is 0 Å². The van der Waals surface area contributed by atoms with Gasteiger partial charge < -0.3 is 15.3 Å². The maximum Gasteiger partial charge on any atom is 0.264 e. The second-order valence-corrected chi connectivity index (χ2v) is 6.15. The standard InChI is InChI=1S/C17H20N2O3S/c1-19(17(22)15-8-5-11-23-15)12-16(21)18-10-9-14(20)13-6-3-2-4-7-13/h2-8,11,14,20H,9-10,12H2,1H3,(H,18,21). The van der Waals surface area contributed by atoms with Crippen molar-refractivity contribution in [2.75, 3.05) is 20.1 Å². The van der Waals surface area contributed by atoms with Crippen molar-refractivity contribution in [1.29, 1.82) is 0 Å². The molecule has 2 N–H and O–H groups in total. The van der Waals surface area contributed by atoms with Crippen molar-refractivity contribution in [3.8, 4) is 0 Å². The van der Waals surface area contributed by atoms with Crippen molar-refractivity contribution in [2.24, 2.45) is 0 Å². The molecule has 1 atom stereocenters. The minimum atomic E-state index is -0.609. The van der Waals surface area contributed by atoms with E-state index in [0.717, 1.165) is 5.56 Å². The SMILES string of the molecule is CN(CC(=O)NCCC(O)c1ccccc1)C(=O)c1cccs1. The van der Waals surface area contributed by atoms with Gasteiger partial charge in [-0.25, -0.2) is 0 Å². The maximum absolute atomic E-state index is 12.0. The Morgan fingerprint density at radius 1 is 1.22 bits per heavy atom. The van der Waals surface area contributed by atoms with E-state index in [9.17, 15) is 14.7 Å². The van der Waals surface area contributed by atoms with Gasteiger partial charge in [-0.15, -0.1) is 11.3 Å². The van der Waals surface area contributed by atoms with Gasteiger partial charge in [-0.05, 0) is 23.4 Å². The number of aliphatic hydroxyl groups excluding tert-OH is 1. The number of likely N-dealkylation sites (N-methyl/N-ethyl adjacent to an activating group) is 1. The van der Waals surface area contributed by atoms with Crippen LogP contribution in [-0.2, 0) is 4.79 Å². The predicted molar refractivity (Wildman–Crippen MR) is 90.3 cm³/mol. The highest BCUT2D eigenvalue weighted by Crippen LogP contribution is 2.15. The fraction of sp³-hybridized carbons (Fsp3) is 0.294. The quantitative estimate of drug-likeness (QED) is 0.815. The summed E-state index contributed by atoms with van der Waals surface area (Å²) in [5, 5.41) is 14.6. The normalized spacial score (nSPS) is 11.7. The molecule has 2 amide bonds. The van der Waals surface area contributed by atoms with E-state index in [0.29, 0.717) is 17.8 Å². The molecule has 23 heavy (non-hydrogen) atoms. The van der Waals surface area contributed by atoms with Crippen LogP contribution in [0.2, 0.25) is 0 Å². The van der Waals surface area contributed by atoms with Crippen molar-refractivity contribution in [3.63, 3.8) is 0 Å². The number of carbonyl (C=O) groups excluding carboxylic acids is 2. The Labute approximate surface area is 139 Å². The predicted octanol–water partition coefficient (Wildman–Crippen LogP) is 2.06. The molecule has 0 radical (unpaired) electrons. The lowest BCUT2D eigenvalue weighted by atomic mass is 10.1. The lowest BCUT2D eigenvalue weighted by Gasteiger charge is -2.16. The van der Waals surface area contributed by atoms with E-state index >= 15 is 0 Å². The van der Waals surface area contributed by atoms with Gasteiger partial charge in [-0.1, -0.05) is 36.4 Å². The van der Waals surface area contributed by atoms with Gasteiger partial charge in [0.2, 0.25) is 5.91 Å². The van der Waals surface area contributed by atoms with Crippen LogP contribution < -0.4 is 5.32 Å². The highest BCUT2D eigenvalue weighted by molar-refractivity contribution is 7.12. The van der Waals surface area contributed by atoms with Gasteiger partial charge in [0, 0.05) is 13.6 Å². The monoisotopic (exact) mass is 332 g/mol. The van der Waals surface area contributed by atoms with E-state index in [4.69, 9.17) is 0 Å². The van der Waals surface area contributed by atoms with Crippen molar-refractivity contribution >= 4 is 23.2 Å². The topological polar surface area (TPSA) is 69.6 Å². The van der Waals surface area contributed by atoms with Gasteiger partial charge in [-0.2, -0.15) is 0 Å². The number of nitrogens with zero attached hydrogens (tertiary/aromatic N) is 1. The first-order valence-electron chi connectivity index (χ1n) is 7.36. The number of aliphatic hydroxyl groups is 1. The third-order valence-corrected chi connectivity index (χ3v) is 4.24. The number of benzene rings is 1. The summed E-state index contributed by atoms with van der Waals surface area (Å²) >= 11 is 1.35. The van der Waals surface area contributed by atoms with Crippen LogP contribution in [0.15, 0.2) is 47.8 Å². The zero-order chi connectivity index (χ0) is 16.7. The molecule has 0 saturated carbocycles. The zero-order valence-electron chi connectivity index (χ0n) is 12.9. The van der Waals surface area contributed by atoms with Crippen LogP contribution in [0.1, 0.15) is 27.8 Å². The molecule has 0 aliphatic heterocycles. The second kappa shape index (κ2) is 8.45. The first kappa shape index (κ1) is 17.2. The highest BCUT2D eigenvalue weighted by atomic mass is 32.1. The first-order chi connectivity index (χ1) is 11.1. The third-order valence-electron chi connectivity index (χ3n) is 3.38. The number of carbonyl (C=O) groups is 2. The summed E-state index contributed by atoms with van der Waals surface area (Å²) in [6.07, 6.45) is -0.180. The van der Waals surface area contributed by atoms with Gasteiger partial charge in [0.15, 0.2) is 0 Å². The Morgan fingerprint density at radius 2 is 1.96 bits per heavy atom. The summed E-state index contributed by atoms with van der Waals surface area (Å²) in [6.45, 7) is 0.355. The Bertz CT molecular complexity index is 629. The number of rotatable bonds is 7. The summed E-state index contributed by atoms with van der Waals surface area (Å²) < 4.78 is 0. The smallest absolute Gasteiger partial charge is 0.264 e. The molecule has 5 nitrogen and oxygen atoms in total. The lowest BCUT2D eigenvalue weighted by molar-refractivity contribution is -0.121. The van der Waals surface area contributed by atoms with Crippen molar-refractivity contribution < 1.29 is 14.7 Å². The van der Waals surface area contributed by atoms with Gasteiger partial charge >= 0.3 is 0 Å². The molecule has 2 aromatic rings. The Kier molecular flexibility index (Phi) is 6.31. The molecule has 1 aromatic carbocycles. The average Bonchev–Trinajstić information content (AvgIpc) is 3.09. The van der Waals surface area contributed by atoms with Crippen LogP contribution >= 0.6 is 11.3 Å². The summed E-state index contributed by atoms with van der Waals surface area (Å²) in [4.78, 5) is 25.9. The summed E-state index contributed by atoms with van der Waals surface area (Å²) in [7, 11) is 1.60. The number of hydrogen-bond acceptors (Lipinski definition) is 4. The van der Waals surface area contributed by atoms with E-state index in [2.05, 4.69) is 5.32 Å². The minimum Gasteiger partial charge on any atom is -0.388 e. The molecule has 2 rings (SSSR count). The van der Waals surface area contributed by atoms with Gasteiger partial charge in [-0.3, -0.25) is 9.59 Å². The van der Waals surface area contributed by atoms with E-state index in [1.807, 2.05) is 35.7 Å². The maximum atomic E-state index is 12.0. The fourth-order valence-electron chi connectivity index (χ4n) is 2.12. The molecule has 6 heteroatoms. The first-order valence-corrected chi connectivity index (χ1v) is 8.24. The number of thiophene rings is 1. The van der Waals surface area contributed by atoms with Gasteiger partial charge in [0.25, 0.3) is 5.91 Å². The van der Waals surface area contributed by atoms with E-state index < -0.39 is 6.10 Å². The van der Waals surface area contributed by atoms with Crippen molar-refractivity contribution in [2.45, 2.75) is 12.5 Å². The van der Waals surface area contributed by atoms with Crippen LogP contribution in [0.4, 0.5) is 0 Å². The second-order valence-electron chi connectivity index (χ2n) is 5.20. The van der Waals surface area contributed by atoms with E-state index in [-0.39, 0.29) is 18.4 Å². The fourth-order valence-corrected chi connectivity index (χ4v) is 2.84. The van der Waals surface area contributed by atoms with Crippen molar-refractivity contribution in [1.82, 2.24) is 10.2 Å². The van der Waals surface area contributed by atoms with Gasteiger partial charge in [0.05, 0.1) is 17.5 Å². The lowest BCUT2D eigenvalue weighted by Crippen LogP contribution is -2.38. The molecule has 0 bridgehead atoms. The summed E-state index contributed by atoms with van der Waals surface area (Å²) in [5.41, 5.74) is 0.826. The number of hydrogen-bond donors (Lipinski definition) is 2. The molecule has 0 fully saturated rings. The van der Waals surface area contributed by atoms with Crippen LogP contribution in [0.3, 0.4) is 0 Å².